The molecular formula is C59H89ClN4O20. The first kappa shape index (κ1) is 66.8. The number of esters is 2. The number of cyclic esters (lactones) is 1. The van der Waals surface area contributed by atoms with Crippen LogP contribution in [-0.4, -0.2) is 211 Å². The third-order valence-electron chi connectivity index (χ3n) is 17.5. The number of fused-ring (bicyclic) bond motifs is 2. The molecule has 1 aromatic carbocycles. The molecule has 1 aromatic heterocycles. The molecule has 0 radical (unpaired) electrons. The fourth-order valence-corrected chi connectivity index (χ4v) is 13.0. The number of aromatic nitrogens is 1. The molecule has 472 valence electrons. The molecule has 4 saturated heterocycles. The molecule has 0 unspecified atom stereocenters. The highest BCUT2D eigenvalue weighted by atomic mass is 35.5. The number of hydrogen-bond acceptors (Lipinski definition) is 21. The number of aliphatic hydroxyl groups excluding tert-OH is 1. The maximum Gasteiger partial charge on any atom is 0.509 e. The van der Waals surface area contributed by atoms with Crippen LogP contribution < -0.4 is 15.5 Å². The third kappa shape index (κ3) is 15.1. The Morgan fingerprint density at radius 1 is 0.940 bits per heavy atom. The molecule has 0 spiro atoms. The van der Waals surface area contributed by atoms with Gasteiger partial charge in [0.05, 0.1) is 65.1 Å². The Labute approximate surface area is 496 Å². The van der Waals surface area contributed by atoms with Crippen LogP contribution in [0.25, 0.3) is 10.9 Å². The van der Waals surface area contributed by atoms with Gasteiger partial charge < -0.3 is 82.2 Å². The van der Waals surface area contributed by atoms with E-state index in [1.165, 1.54) is 19.4 Å². The van der Waals surface area contributed by atoms with E-state index < -0.39 is 132 Å². The van der Waals surface area contributed by atoms with Gasteiger partial charge in [0.1, 0.15) is 42.3 Å². The highest BCUT2D eigenvalue weighted by Gasteiger charge is 2.59. The molecule has 25 heteroatoms. The van der Waals surface area contributed by atoms with E-state index in [0.29, 0.717) is 18.5 Å². The van der Waals surface area contributed by atoms with Crippen molar-refractivity contribution in [2.24, 2.45) is 17.8 Å². The predicted molar refractivity (Wildman–Crippen MR) is 304 cm³/mol. The van der Waals surface area contributed by atoms with Gasteiger partial charge in [-0.05, 0) is 120 Å². The first-order chi connectivity index (χ1) is 39.4. The van der Waals surface area contributed by atoms with Crippen molar-refractivity contribution in [2.75, 3.05) is 61.2 Å². The third-order valence-corrected chi connectivity index (χ3v) is 17.8. The number of carboxylic acids is 1. The number of aliphatic hydroxyl groups is 2. The predicted octanol–water partition coefficient (Wildman–Crippen LogP) is 5.24. The van der Waals surface area contributed by atoms with E-state index in [0.717, 1.165) is 12.8 Å². The Morgan fingerprint density at radius 3 is 2.29 bits per heavy atom. The fourth-order valence-electron chi connectivity index (χ4n) is 12.7. The number of pyridine rings is 1. The standard InChI is InChI=1S/C59H89ClN4O20/c1-15-43-59(10)51(83-56(72)84-59)34(6)63(13)28-30(2)25-57(8,73)50(82-55-48(68)41(62(11)12)22-31(3)77-55)32(4)49(33(5)54(71)79-43)81-46-26-58(9,74-14)52(35(7)78-46)80-45(66)27-61-44(65)18-19-75-20-21-76-42-23-37-40(24-39(42)60)64(36-16-17-36)29-38(47(37)67)53(69)70/h23-24,29-36,41,43,46,48-52,55,68,73H,15-22,25-28H2,1-14H3,(H,61,65)(H,69,70)/t30-,31-,32+,33-,34-,35+,41+,43-,46+,48-,49+,50-,51-,52+,55+,57-,58-,59-/m1/s1. The van der Waals surface area contributed by atoms with E-state index in [-0.39, 0.29) is 91.3 Å². The van der Waals surface area contributed by atoms with Gasteiger partial charge in [0.25, 0.3) is 0 Å². The minimum absolute atomic E-state index is 0.00706. The van der Waals surface area contributed by atoms with Crippen molar-refractivity contribution in [3.63, 3.8) is 0 Å². The molecule has 1 aliphatic carbocycles. The first-order valence-electron chi connectivity index (χ1n) is 29.3. The van der Waals surface area contributed by atoms with Gasteiger partial charge in [-0.1, -0.05) is 32.4 Å². The van der Waals surface area contributed by atoms with Crippen LogP contribution in [0.15, 0.2) is 23.1 Å². The number of halogens is 1. The van der Waals surface area contributed by atoms with Crippen LogP contribution in [0, 0.1) is 17.8 Å². The molecule has 2 aromatic rings. The second-order valence-corrected chi connectivity index (χ2v) is 25.0. The van der Waals surface area contributed by atoms with Crippen LogP contribution >= 0.6 is 11.6 Å². The molecule has 5 aliphatic rings. The van der Waals surface area contributed by atoms with Crippen LogP contribution in [0.5, 0.6) is 5.75 Å². The van der Waals surface area contributed by atoms with Gasteiger partial charge in [0.2, 0.25) is 11.3 Å². The van der Waals surface area contributed by atoms with Crippen LogP contribution in [0.3, 0.4) is 0 Å². The van der Waals surface area contributed by atoms with Gasteiger partial charge in [-0.2, -0.15) is 0 Å². The number of aromatic carboxylic acids is 1. The maximum absolute atomic E-state index is 14.8. The first-order valence-corrected chi connectivity index (χ1v) is 29.6. The number of nitrogens with zero attached hydrogens (tertiary/aromatic N) is 3. The average molecular weight is 1210 g/mol. The molecule has 5 heterocycles. The lowest BCUT2D eigenvalue weighted by Gasteiger charge is -2.49. The largest absolute Gasteiger partial charge is 0.509 e. The zero-order valence-electron chi connectivity index (χ0n) is 51.0. The lowest BCUT2D eigenvalue weighted by atomic mass is 9.77. The number of benzene rings is 1. The molecule has 0 bridgehead atoms. The van der Waals surface area contributed by atoms with Crippen LogP contribution in [0.1, 0.15) is 131 Å². The van der Waals surface area contributed by atoms with Crippen LogP contribution in [0.2, 0.25) is 5.02 Å². The van der Waals surface area contributed by atoms with E-state index in [4.69, 9.17) is 63.7 Å². The number of ether oxygens (including phenoxy) is 11. The van der Waals surface area contributed by atoms with E-state index >= 15 is 0 Å². The molecule has 84 heavy (non-hydrogen) atoms. The summed E-state index contributed by atoms with van der Waals surface area (Å²) in [7, 11) is 7.06. The summed E-state index contributed by atoms with van der Waals surface area (Å²) in [6.07, 6.45) is -6.84. The number of nitrogens with one attached hydrogen (secondary N) is 1. The number of hydrogen-bond donors (Lipinski definition) is 4. The average Bonchev–Trinajstić information content (AvgIpc) is 1.85. The lowest BCUT2D eigenvalue weighted by Crippen LogP contribution is -2.61. The van der Waals surface area contributed by atoms with Gasteiger partial charge in [0, 0.05) is 56.7 Å². The molecule has 1 saturated carbocycles. The fraction of sp³-hybridized carbons (Fsp3) is 0.763. The SMILES string of the molecule is CC[C@H]1OC(=O)[C@H](C)[C@@H](O[C@H]2C[C@@](C)(OC)[C@@H](OC(=O)CNC(=O)CCOCCOc3cc4c(=O)c(C(=O)O)cn(C5CC5)c4cc3Cl)[C@H](C)O2)[C@H](C)[C@@H](O[C@@H]2O[C@H](C)C[C@H](N(C)C)[C@H]2O)[C@](C)(O)C[C@@H](C)CN(C)[C@H](C)[C@H]2OC(=O)O[C@@]21C. The zero-order valence-corrected chi connectivity index (χ0v) is 51.7. The number of methoxy groups -OCH3 is 1. The summed E-state index contributed by atoms with van der Waals surface area (Å²) in [4.78, 5) is 82.9. The Morgan fingerprint density at radius 2 is 1.64 bits per heavy atom. The molecule has 24 nitrogen and oxygen atoms in total. The number of likely N-dealkylation sites (N-methyl/N-ethyl adjacent to an activating group) is 2. The Kier molecular flexibility index (Phi) is 21.9. The van der Waals surface area contributed by atoms with Gasteiger partial charge in [0.15, 0.2) is 30.4 Å². The summed E-state index contributed by atoms with van der Waals surface area (Å²) in [6.45, 7) is 17.7. The molecule has 1 amide bonds. The monoisotopic (exact) mass is 1210 g/mol. The highest BCUT2D eigenvalue weighted by molar-refractivity contribution is 6.32. The molecule has 4 aliphatic heterocycles. The quantitative estimate of drug-likeness (QED) is 0.0795. The Bertz CT molecular complexity index is 2730. The normalized spacial score (nSPS) is 36.4. The molecule has 18 atom stereocenters. The summed E-state index contributed by atoms with van der Waals surface area (Å²) in [6, 6.07) is 2.32. The zero-order chi connectivity index (χ0) is 61.9. The van der Waals surface area contributed by atoms with Gasteiger partial charge in [-0.15, -0.1) is 0 Å². The molecular weight excluding hydrogens is 1120 g/mol. The number of rotatable bonds is 19. The summed E-state index contributed by atoms with van der Waals surface area (Å²) in [5.41, 5.74) is -4.80. The molecule has 5 fully saturated rings. The van der Waals surface area contributed by atoms with Crippen molar-refractivity contribution in [3.8, 4) is 5.75 Å². The summed E-state index contributed by atoms with van der Waals surface area (Å²) >= 11 is 6.52. The van der Waals surface area contributed by atoms with Crippen molar-refractivity contribution < 1.29 is 91.4 Å². The van der Waals surface area contributed by atoms with E-state index in [1.54, 1.807) is 52.2 Å². The van der Waals surface area contributed by atoms with E-state index in [1.807, 2.05) is 58.6 Å². The molecule has 4 N–H and O–H groups in total. The van der Waals surface area contributed by atoms with Crippen molar-refractivity contribution in [3.05, 3.63) is 39.1 Å². The second-order valence-electron chi connectivity index (χ2n) is 24.6. The van der Waals surface area contributed by atoms with E-state index in [2.05, 4.69) is 5.32 Å². The van der Waals surface area contributed by atoms with Crippen LogP contribution in [0.4, 0.5) is 4.79 Å². The Balaban J connectivity index is 1.02. The second kappa shape index (κ2) is 27.5. The number of amides is 1. The number of carboxylic acid groups (broad SMARTS) is 1. The summed E-state index contributed by atoms with van der Waals surface area (Å²) < 4.78 is 69.8. The summed E-state index contributed by atoms with van der Waals surface area (Å²) in [5.74, 6) is -5.35. The minimum Gasteiger partial charge on any atom is -0.490 e. The van der Waals surface area contributed by atoms with Gasteiger partial charge in [-0.25, -0.2) is 9.59 Å². The van der Waals surface area contributed by atoms with Gasteiger partial charge in [-0.3, -0.25) is 24.1 Å². The number of carbonyl (C=O) groups is 5. The van der Waals surface area contributed by atoms with Gasteiger partial charge >= 0.3 is 24.1 Å². The molecule has 7 rings (SSSR count). The van der Waals surface area contributed by atoms with Crippen molar-refractivity contribution in [1.29, 1.82) is 0 Å². The van der Waals surface area contributed by atoms with Crippen molar-refractivity contribution >= 4 is 52.5 Å². The summed E-state index contributed by atoms with van der Waals surface area (Å²) in [5, 5.41) is 37.2. The van der Waals surface area contributed by atoms with E-state index in [9.17, 15) is 44.1 Å². The minimum atomic E-state index is -1.66. The smallest absolute Gasteiger partial charge is 0.490 e. The van der Waals surface area contributed by atoms with Crippen LogP contribution in [-0.2, 0) is 61.8 Å². The maximum atomic E-state index is 14.8. The lowest BCUT2D eigenvalue weighted by molar-refractivity contribution is -0.318. The Hall–Kier alpha value is -4.73. The number of carbonyl (C=O) groups excluding carboxylic acids is 4. The van der Waals surface area contributed by atoms with Crippen molar-refractivity contribution in [1.82, 2.24) is 19.7 Å². The van der Waals surface area contributed by atoms with Crippen molar-refractivity contribution in [2.45, 2.75) is 211 Å². The topological polar surface area (TPSA) is 288 Å². The highest BCUT2D eigenvalue weighted by Crippen LogP contribution is 2.43.